The molecule has 1 aromatic heterocycles. The van der Waals surface area contributed by atoms with Crippen molar-refractivity contribution in [1.82, 2.24) is 15.8 Å². The average molecular weight is 299 g/mol. The molecule has 1 heterocycles. The Labute approximate surface area is 126 Å². The normalized spacial score (nSPS) is 19.3. The lowest BCUT2D eigenvalue weighted by Crippen LogP contribution is -2.42. The summed E-state index contributed by atoms with van der Waals surface area (Å²) in [5.74, 6) is -1.57. The fourth-order valence-corrected chi connectivity index (χ4v) is 2.38. The van der Waals surface area contributed by atoms with E-state index >= 15 is 0 Å². The number of nitrogens with zero attached hydrogens (tertiary/aromatic N) is 1. The Morgan fingerprint density at radius 3 is 2.59 bits per heavy atom. The minimum absolute atomic E-state index is 0.132. The quantitative estimate of drug-likeness (QED) is 0.849. The Balaban J connectivity index is 1.54. The van der Waals surface area contributed by atoms with E-state index in [9.17, 15) is 14.0 Å². The second-order valence-electron chi connectivity index (χ2n) is 5.13. The predicted molar refractivity (Wildman–Crippen MR) is 77.1 cm³/mol. The molecule has 1 aliphatic rings. The summed E-state index contributed by atoms with van der Waals surface area (Å²) >= 11 is 0. The monoisotopic (exact) mass is 299 g/mol. The highest BCUT2D eigenvalue weighted by molar-refractivity contribution is 5.94. The SMILES string of the molecule is O=C(NNC(=O)C1CC1c1ccccc1F)c1ccccn1. The number of benzene rings is 1. The van der Waals surface area contributed by atoms with Crippen LogP contribution in [0.2, 0.25) is 0 Å². The van der Waals surface area contributed by atoms with Gasteiger partial charge < -0.3 is 0 Å². The second-order valence-corrected chi connectivity index (χ2v) is 5.13. The van der Waals surface area contributed by atoms with Crippen molar-refractivity contribution in [3.8, 4) is 0 Å². The molecule has 0 aliphatic heterocycles. The van der Waals surface area contributed by atoms with Crippen molar-refractivity contribution in [1.29, 1.82) is 0 Å². The molecule has 0 bridgehead atoms. The van der Waals surface area contributed by atoms with Gasteiger partial charge >= 0.3 is 0 Å². The fraction of sp³-hybridized carbons (Fsp3) is 0.188. The van der Waals surface area contributed by atoms with E-state index in [1.54, 1.807) is 36.4 Å². The number of pyridine rings is 1. The van der Waals surface area contributed by atoms with Gasteiger partial charge in [-0.05, 0) is 36.1 Å². The summed E-state index contributed by atoms with van der Waals surface area (Å²) in [5.41, 5.74) is 5.43. The zero-order valence-electron chi connectivity index (χ0n) is 11.6. The largest absolute Gasteiger partial charge is 0.288 e. The third kappa shape index (κ3) is 2.95. The van der Waals surface area contributed by atoms with Crippen LogP contribution >= 0.6 is 0 Å². The maximum Gasteiger partial charge on any atom is 0.288 e. The first-order valence-corrected chi connectivity index (χ1v) is 6.92. The number of rotatable bonds is 3. The molecule has 0 saturated heterocycles. The molecule has 2 amide bonds. The lowest BCUT2D eigenvalue weighted by atomic mass is 10.1. The van der Waals surface area contributed by atoms with E-state index in [-0.39, 0.29) is 29.3 Å². The molecule has 112 valence electrons. The molecule has 3 rings (SSSR count). The van der Waals surface area contributed by atoms with Crippen LogP contribution in [-0.4, -0.2) is 16.8 Å². The van der Waals surface area contributed by atoms with Crippen LogP contribution in [0, 0.1) is 11.7 Å². The van der Waals surface area contributed by atoms with Gasteiger partial charge in [-0.3, -0.25) is 25.4 Å². The van der Waals surface area contributed by atoms with Gasteiger partial charge in [-0.1, -0.05) is 24.3 Å². The van der Waals surface area contributed by atoms with Gasteiger partial charge in [0, 0.05) is 12.1 Å². The summed E-state index contributed by atoms with van der Waals surface area (Å²) in [7, 11) is 0. The van der Waals surface area contributed by atoms with Crippen LogP contribution in [0.15, 0.2) is 48.7 Å². The van der Waals surface area contributed by atoms with Crippen LogP contribution in [-0.2, 0) is 4.79 Å². The molecule has 0 radical (unpaired) electrons. The summed E-state index contributed by atoms with van der Waals surface area (Å²) in [6.45, 7) is 0. The summed E-state index contributed by atoms with van der Waals surface area (Å²) in [6.07, 6.45) is 2.07. The van der Waals surface area contributed by atoms with Crippen LogP contribution in [0.4, 0.5) is 4.39 Å². The fourth-order valence-electron chi connectivity index (χ4n) is 2.38. The molecule has 1 saturated carbocycles. The number of aromatic nitrogens is 1. The van der Waals surface area contributed by atoms with E-state index in [1.165, 1.54) is 12.3 Å². The molecule has 2 atom stereocenters. The number of hydrazine groups is 1. The molecule has 2 unspecified atom stereocenters. The second kappa shape index (κ2) is 5.93. The third-order valence-corrected chi connectivity index (χ3v) is 3.63. The van der Waals surface area contributed by atoms with Gasteiger partial charge in [-0.15, -0.1) is 0 Å². The number of amides is 2. The van der Waals surface area contributed by atoms with Gasteiger partial charge in [0.25, 0.3) is 5.91 Å². The highest BCUT2D eigenvalue weighted by atomic mass is 19.1. The third-order valence-electron chi connectivity index (χ3n) is 3.63. The topological polar surface area (TPSA) is 71.1 Å². The Bertz CT molecular complexity index is 706. The van der Waals surface area contributed by atoms with Gasteiger partial charge in [-0.2, -0.15) is 0 Å². The van der Waals surface area contributed by atoms with E-state index in [0.717, 1.165) is 0 Å². The number of halogens is 1. The van der Waals surface area contributed by atoms with E-state index in [4.69, 9.17) is 0 Å². The van der Waals surface area contributed by atoms with Crippen LogP contribution < -0.4 is 10.9 Å². The van der Waals surface area contributed by atoms with Crippen molar-refractivity contribution >= 4 is 11.8 Å². The molecule has 1 aliphatic carbocycles. The molecule has 2 aromatic rings. The molecular weight excluding hydrogens is 285 g/mol. The standard InChI is InChI=1S/C16H14FN3O2/c17-13-6-2-1-5-10(13)11-9-12(11)15(21)19-20-16(22)14-7-3-4-8-18-14/h1-8,11-12H,9H2,(H,19,21)(H,20,22). The number of carbonyl (C=O) groups excluding carboxylic acids is 2. The van der Waals surface area contributed by atoms with Crippen molar-refractivity contribution in [2.75, 3.05) is 0 Å². The Morgan fingerprint density at radius 2 is 1.86 bits per heavy atom. The highest BCUT2D eigenvalue weighted by Gasteiger charge is 2.45. The van der Waals surface area contributed by atoms with Gasteiger partial charge in [-0.25, -0.2) is 4.39 Å². The Morgan fingerprint density at radius 1 is 1.09 bits per heavy atom. The molecule has 1 aromatic carbocycles. The van der Waals surface area contributed by atoms with Crippen molar-refractivity contribution in [2.45, 2.75) is 12.3 Å². The molecule has 6 heteroatoms. The molecule has 2 N–H and O–H groups in total. The lowest BCUT2D eigenvalue weighted by Gasteiger charge is -2.07. The molecule has 1 fully saturated rings. The van der Waals surface area contributed by atoms with Crippen LogP contribution in [0.1, 0.15) is 28.4 Å². The average Bonchev–Trinajstić information content (AvgIpc) is 3.34. The molecule has 5 nitrogen and oxygen atoms in total. The number of nitrogens with one attached hydrogen (secondary N) is 2. The number of hydrogen-bond donors (Lipinski definition) is 2. The van der Waals surface area contributed by atoms with Crippen molar-refractivity contribution in [3.63, 3.8) is 0 Å². The molecular formula is C16H14FN3O2. The summed E-state index contributed by atoms with van der Waals surface area (Å²) in [5, 5.41) is 0. The Kier molecular flexibility index (Phi) is 3.82. The summed E-state index contributed by atoms with van der Waals surface area (Å²) < 4.78 is 13.6. The minimum Gasteiger partial charge on any atom is -0.273 e. The first kappa shape index (κ1) is 14.2. The van der Waals surface area contributed by atoms with E-state index in [2.05, 4.69) is 15.8 Å². The van der Waals surface area contributed by atoms with Gasteiger partial charge in [0.2, 0.25) is 5.91 Å². The van der Waals surface area contributed by atoms with Crippen LogP contribution in [0.3, 0.4) is 0 Å². The van der Waals surface area contributed by atoms with E-state index in [0.29, 0.717) is 12.0 Å². The highest BCUT2D eigenvalue weighted by Crippen LogP contribution is 2.48. The molecule has 22 heavy (non-hydrogen) atoms. The van der Waals surface area contributed by atoms with Crippen molar-refractivity contribution in [2.24, 2.45) is 5.92 Å². The van der Waals surface area contributed by atoms with Gasteiger partial charge in [0.1, 0.15) is 11.5 Å². The first-order valence-electron chi connectivity index (χ1n) is 6.92. The van der Waals surface area contributed by atoms with Crippen molar-refractivity contribution < 1.29 is 14.0 Å². The zero-order valence-corrected chi connectivity index (χ0v) is 11.6. The maximum atomic E-state index is 13.6. The number of carbonyl (C=O) groups is 2. The van der Waals surface area contributed by atoms with Gasteiger partial charge in [0.05, 0.1) is 0 Å². The zero-order chi connectivity index (χ0) is 15.5. The number of hydrogen-bond acceptors (Lipinski definition) is 3. The first-order chi connectivity index (χ1) is 10.7. The van der Waals surface area contributed by atoms with Gasteiger partial charge in [0.15, 0.2) is 0 Å². The summed E-state index contributed by atoms with van der Waals surface area (Å²) in [4.78, 5) is 27.6. The Hall–Kier alpha value is -2.76. The van der Waals surface area contributed by atoms with Crippen LogP contribution in [0.5, 0.6) is 0 Å². The van der Waals surface area contributed by atoms with E-state index in [1.807, 2.05) is 0 Å². The maximum absolute atomic E-state index is 13.6. The minimum atomic E-state index is -0.489. The van der Waals surface area contributed by atoms with E-state index < -0.39 is 5.91 Å². The molecule has 0 spiro atoms. The predicted octanol–water partition coefficient (Wildman–Crippen LogP) is 1.79. The smallest absolute Gasteiger partial charge is 0.273 e. The van der Waals surface area contributed by atoms with Crippen LogP contribution in [0.25, 0.3) is 0 Å². The summed E-state index contributed by atoms with van der Waals surface area (Å²) in [6, 6.07) is 11.3. The van der Waals surface area contributed by atoms with Crippen molar-refractivity contribution in [3.05, 3.63) is 65.7 Å². The lowest BCUT2D eigenvalue weighted by molar-refractivity contribution is -0.123.